The van der Waals surface area contributed by atoms with Gasteiger partial charge in [-0.2, -0.15) is 11.8 Å². The van der Waals surface area contributed by atoms with E-state index >= 15 is 0 Å². The first-order valence-corrected chi connectivity index (χ1v) is 30.1. The molecule has 1 aromatic rings. The van der Waals surface area contributed by atoms with E-state index in [2.05, 4.69) is 66.3 Å². The van der Waals surface area contributed by atoms with Gasteiger partial charge in [0.2, 0.25) is 11.8 Å². The van der Waals surface area contributed by atoms with E-state index in [1.165, 1.54) is 51.8 Å². The molecule has 2 aliphatic rings. The van der Waals surface area contributed by atoms with Crippen LogP contribution in [0.2, 0.25) is 13.3 Å². The fourth-order valence-corrected chi connectivity index (χ4v) is 25.1. The third kappa shape index (κ3) is 18.3. The zero-order chi connectivity index (χ0) is 40.4. The Bertz CT molecular complexity index is 1270. The quantitative estimate of drug-likeness (QED) is 0.0412. The monoisotopic (exact) mass is 911 g/mol. The molecule has 0 spiro atoms. The zero-order valence-corrected chi connectivity index (χ0v) is 38.6. The number of ether oxygens (including phenoxy) is 3. The van der Waals surface area contributed by atoms with Crippen molar-refractivity contribution in [1.82, 2.24) is 26.2 Å². The summed E-state index contributed by atoms with van der Waals surface area (Å²) in [5.41, 5.74) is 0.742. The van der Waals surface area contributed by atoms with Gasteiger partial charge in [-0.15, -0.1) is 0 Å². The van der Waals surface area contributed by atoms with Gasteiger partial charge in [0, 0.05) is 30.6 Å². The number of benzene rings is 1. The Balaban J connectivity index is 1.12. The molecule has 1 aromatic carbocycles. The summed E-state index contributed by atoms with van der Waals surface area (Å²) < 4.78 is 22.8. The Morgan fingerprint density at radius 1 is 0.786 bits per heavy atom. The second-order valence-electron chi connectivity index (χ2n) is 15.5. The van der Waals surface area contributed by atoms with E-state index in [-0.39, 0.29) is 42.4 Å². The fraction of sp³-hybridized carbons (Fsp3) is 0.762. The third-order valence-corrected chi connectivity index (χ3v) is 28.1. The predicted molar refractivity (Wildman–Crippen MR) is 230 cm³/mol. The van der Waals surface area contributed by atoms with E-state index in [1.807, 2.05) is 23.7 Å². The Morgan fingerprint density at radius 2 is 1.39 bits per heavy atom. The Morgan fingerprint density at radius 3 is 2.02 bits per heavy atom. The molecule has 2 aliphatic heterocycles. The molecular weight excluding hydrogens is 837 g/mol. The number of amides is 5. The number of urea groups is 1. The van der Waals surface area contributed by atoms with Crippen LogP contribution in [0.3, 0.4) is 0 Å². The topological polar surface area (TPSA) is 147 Å². The van der Waals surface area contributed by atoms with Gasteiger partial charge in [-0.25, -0.2) is 4.79 Å². The molecule has 14 heteroatoms. The molecule has 5 amide bonds. The van der Waals surface area contributed by atoms with Gasteiger partial charge in [-0.3, -0.25) is 19.8 Å². The van der Waals surface area contributed by atoms with Gasteiger partial charge in [0.25, 0.3) is 0 Å². The number of likely N-dealkylation sites (N-methyl/N-ethyl adjacent to an activating group) is 1. The van der Waals surface area contributed by atoms with E-state index in [0.29, 0.717) is 64.4 Å². The molecule has 12 nitrogen and oxygen atoms in total. The average Bonchev–Trinajstić information content (AvgIpc) is 3.75. The first-order chi connectivity index (χ1) is 27.2. The van der Waals surface area contributed by atoms with Crippen molar-refractivity contribution < 1.29 is 33.4 Å². The molecule has 2 heterocycles. The summed E-state index contributed by atoms with van der Waals surface area (Å²) in [6.45, 7) is 11.4. The molecule has 0 unspecified atom stereocenters. The van der Waals surface area contributed by atoms with Crippen LogP contribution in [-0.2, 0) is 23.8 Å². The minimum atomic E-state index is -2.48. The summed E-state index contributed by atoms with van der Waals surface area (Å²) in [5.74, 6) is 0.376. The van der Waals surface area contributed by atoms with Gasteiger partial charge in [-0.1, -0.05) is 6.42 Å². The molecule has 0 bridgehead atoms. The van der Waals surface area contributed by atoms with E-state index < -0.39 is 18.4 Å². The van der Waals surface area contributed by atoms with Crippen molar-refractivity contribution in [2.75, 3.05) is 72.1 Å². The molecule has 56 heavy (non-hydrogen) atoms. The van der Waals surface area contributed by atoms with Crippen LogP contribution in [0.15, 0.2) is 24.3 Å². The van der Waals surface area contributed by atoms with Gasteiger partial charge in [0.05, 0.1) is 31.8 Å². The first-order valence-electron chi connectivity index (χ1n) is 21.5. The number of thioether (sulfide) groups is 1. The Labute approximate surface area is 345 Å². The number of imide groups is 1. The van der Waals surface area contributed by atoms with Crippen LogP contribution in [0.4, 0.5) is 4.79 Å². The van der Waals surface area contributed by atoms with Gasteiger partial charge in [0.15, 0.2) is 0 Å². The van der Waals surface area contributed by atoms with Crippen LogP contribution >= 0.6 is 11.8 Å². The van der Waals surface area contributed by atoms with E-state index in [9.17, 15) is 19.2 Å². The Kier molecular flexibility index (Phi) is 24.7. The minimum absolute atomic E-state index is 0.0175. The zero-order valence-electron chi connectivity index (χ0n) is 34.9. The van der Waals surface area contributed by atoms with Crippen LogP contribution < -0.4 is 24.8 Å². The van der Waals surface area contributed by atoms with Crippen molar-refractivity contribution in [3.63, 3.8) is 0 Å². The molecule has 4 N–H and O–H groups in total. The molecule has 3 atom stereocenters. The van der Waals surface area contributed by atoms with Crippen LogP contribution in [0.5, 0.6) is 0 Å². The van der Waals surface area contributed by atoms with Gasteiger partial charge in [0.1, 0.15) is 0 Å². The molecule has 318 valence electrons. The maximum atomic E-state index is 12.8. The number of nitrogens with zero attached hydrogens (tertiary/aromatic N) is 1. The molecule has 0 aromatic heterocycles. The number of unbranched alkanes of at least 4 members (excludes halogenated alkanes) is 4. The number of hydrogen-bond donors (Lipinski definition) is 4. The van der Waals surface area contributed by atoms with Gasteiger partial charge in [-0.05, 0) is 26.3 Å². The number of fused-ring (bicyclic) bond motifs is 1. The summed E-state index contributed by atoms with van der Waals surface area (Å²) in [6, 6.07) is 8.99. The maximum absolute atomic E-state index is 12.8. The SMILES string of the molecule is CCC[CH2][Sn]([CH2]CCC)([CH2]CCC)[c]1ccc(C(=O)NCCCOCCOCCOCCCN(C)CC(=O)NC(=O)CCCC[C@@H]2SC[C@@H]3NC(=O)N[C@@H]32)cc1. The van der Waals surface area contributed by atoms with Crippen molar-refractivity contribution in [1.29, 1.82) is 0 Å². The number of nitrogens with one attached hydrogen (secondary N) is 4. The number of hydrogen-bond acceptors (Lipinski definition) is 9. The normalized spacial score (nSPS) is 17.8. The second-order valence-corrected chi connectivity index (χ2v) is 30.1. The van der Waals surface area contributed by atoms with Crippen molar-refractivity contribution in [3.05, 3.63) is 29.8 Å². The van der Waals surface area contributed by atoms with Crippen LogP contribution in [-0.4, -0.2) is 136 Å². The second kappa shape index (κ2) is 28.5. The van der Waals surface area contributed by atoms with E-state index in [1.54, 1.807) is 3.58 Å². The van der Waals surface area contributed by atoms with Crippen molar-refractivity contribution in [2.45, 2.75) is 128 Å². The van der Waals surface area contributed by atoms with E-state index in [4.69, 9.17) is 14.2 Å². The summed E-state index contributed by atoms with van der Waals surface area (Å²) in [4.78, 5) is 50.7. The van der Waals surface area contributed by atoms with Crippen LogP contribution in [0, 0.1) is 0 Å². The fourth-order valence-electron chi connectivity index (χ4n) is 7.64. The molecular formula is C42H73N5O7SSn. The molecule has 0 radical (unpaired) electrons. The van der Waals surface area contributed by atoms with Crippen LogP contribution in [0.1, 0.15) is 108 Å². The molecule has 2 saturated heterocycles. The summed E-state index contributed by atoms with van der Waals surface area (Å²) >= 11 is -0.613. The molecule has 2 fully saturated rings. The number of carbonyl (C=O) groups is 4. The van der Waals surface area contributed by atoms with Gasteiger partial charge >= 0.3 is 184 Å². The number of carbonyl (C=O) groups excluding carboxylic acids is 4. The van der Waals surface area contributed by atoms with Crippen molar-refractivity contribution in [2.24, 2.45) is 0 Å². The van der Waals surface area contributed by atoms with Crippen molar-refractivity contribution in [3.8, 4) is 0 Å². The average molecular weight is 911 g/mol. The van der Waals surface area contributed by atoms with E-state index in [0.717, 1.165) is 43.4 Å². The van der Waals surface area contributed by atoms with Crippen molar-refractivity contribution >= 4 is 57.5 Å². The molecule has 0 saturated carbocycles. The predicted octanol–water partition coefficient (Wildman–Crippen LogP) is 5.60. The summed E-state index contributed by atoms with van der Waals surface area (Å²) in [7, 11) is 1.85. The van der Waals surface area contributed by atoms with Gasteiger partial charge < -0.3 is 20.1 Å². The van der Waals surface area contributed by atoms with Crippen LogP contribution in [0.25, 0.3) is 0 Å². The molecule has 0 aliphatic carbocycles. The number of rotatable bonds is 32. The third-order valence-electron chi connectivity index (χ3n) is 10.9. The Hall–Kier alpha value is -1.91. The first kappa shape index (κ1) is 48.5. The summed E-state index contributed by atoms with van der Waals surface area (Å²) in [5, 5.41) is 11.8. The molecule has 3 rings (SSSR count). The standard InChI is InChI=1S/C30H46N5O7S.3C4H9.Sn/c1-35(21-27(37)33-26(36)12-6-5-11-25-28-24(22-43-25)32-30(39)34-28)14-8-16-41-18-20-42-19-17-40-15-7-13-31-29(38)23-9-3-2-4-10-23;3*1-3-4-2;/h3-4,9-10,24-25,28H,5-8,11-22H2,1H3,(H,31,38)(H2,32,34,39)(H,33,36,37);3*1,3-4H2,2H3;/t24-,25-,28-;;;;/m0..../s1. The summed E-state index contributed by atoms with van der Waals surface area (Å²) in [6.07, 6.45) is 12.1.